The third-order valence-corrected chi connectivity index (χ3v) is 4.19. The third-order valence-electron chi connectivity index (χ3n) is 4.19. The number of hydrogen-bond acceptors (Lipinski definition) is 3. The first-order valence-electron chi connectivity index (χ1n) is 7.11. The first-order chi connectivity index (χ1) is 9.21. The van der Waals surface area contributed by atoms with Crippen LogP contribution in [0.25, 0.3) is 0 Å². The van der Waals surface area contributed by atoms with E-state index in [1.807, 2.05) is 6.07 Å². The summed E-state index contributed by atoms with van der Waals surface area (Å²) in [6, 6.07) is 8.39. The lowest BCUT2D eigenvalue weighted by Crippen LogP contribution is -2.40. The summed E-state index contributed by atoms with van der Waals surface area (Å²) < 4.78 is 10.8. The van der Waals surface area contributed by atoms with Crippen molar-refractivity contribution in [2.45, 2.75) is 43.7 Å². The molecule has 3 nitrogen and oxygen atoms in total. The fourth-order valence-corrected chi connectivity index (χ4v) is 3.12. The Kier molecular flexibility index (Phi) is 4.97. The number of nitrogens with two attached hydrogens (primary N) is 1. The van der Waals surface area contributed by atoms with Crippen LogP contribution in [-0.4, -0.2) is 20.8 Å². The lowest BCUT2D eigenvalue weighted by molar-refractivity contribution is 0.0260. The van der Waals surface area contributed by atoms with Gasteiger partial charge in [-0.05, 0) is 24.0 Å². The van der Waals surface area contributed by atoms with Crippen LogP contribution in [0.15, 0.2) is 24.3 Å². The molecular formula is C16H25NO2. The molecule has 0 saturated heterocycles. The Hall–Kier alpha value is -0.900. The van der Waals surface area contributed by atoms with E-state index >= 15 is 0 Å². The molecule has 1 unspecified atom stereocenters. The SMILES string of the molecule is COCC(OC)c1ccccc1C1(N)CCCCC1. The van der Waals surface area contributed by atoms with Gasteiger partial charge in [0.2, 0.25) is 0 Å². The van der Waals surface area contributed by atoms with Crippen molar-refractivity contribution >= 4 is 0 Å². The van der Waals surface area contributed by atoms with Crippen molar-refractivity contribution in [1.82, 2.24) is 0 Å². The molecule has 1 aliphatic carbocycles. The van der Waals surface area contributed by atoms with Crippen LogP contribution in [0.2, 0.25) is 0 Å². The molecule has 0 aliphatic heterocycles. The van der Waals surface area contributed by atoms with Gasteiger partial charge in [0.25, 0.3) is 0 Å². The molecule has 0 heterocycles. The van der Waals surface area contributed by atoms with Gasteiger partial charge in [0, 0.05) is 19.8 Å². The van der Waals surface area contributed by atoms with Gasteiger partial charge in [-0.25, -0.2) is 0 Å². The first kappa shape index (κ1) is 14.5. The minimum absolute atomic E-state index is 0.0384. The second kappa shape index (κ2) is 6.51. The average Bonchev–Trinajstić information content (AvgIpc) is 2.45. The molecule has 1 saturated carbocycles. The summed E-state index contributed by atoms with van der Waals surface area (Å²) in [6.07, 6.45) is 5.82. The molecule has 2 N–H and O–H groups in total. The van der Waals surface area contributed by atoms with Gasteiger partial charge in [-0.1, -0.05) is 43.5 Å². The van der Waals surface area contributed by atoms with Crippen molar-refractivity contribution in [2.24, 2.45) is 5.73 Å². The Morgan fingerprint density at radius 1 is 1.16 bits per heavy atom. The molecule has 0 amide bonds. The molecule has 1 atom stereocenters. The molecule has 0 spiro atoms. The van der Waals surface area contributed by atoms with Gasteiger partial charge in [-0.2, -0.15) is 0 Å². The summed E-state index contributed by atoms with van der Waals surface area (Å²) in [5.41, 5.74) is 8.89. The Morgan fingerprint density at radius 2 is 1.84 bits per heavy atom. The van der Waals surface area contributed by atoms with Gasteiger partial charge in [-0.15, -0.1) is 0 Å². The van der Waals surface area contributed by atoms with Crippen LogP contribution < -0.4 is 5.73 Å². The van der Waals surface area contributed by atoms with Crippen molar-refractivity contribution in [3.8, 4) is 0 Å². The van der Waals surface area contributed by atoms with Crippen LogP contribution in [0.3, 0.4) is 0 Å². The van der Waals surface area contributed by atoms with E-state index in [9.17, 15) is 0 Å². The third kappa shape index (κ3) is 3.16. The van der Waals surface area contributed by atoms with Crippen molar-refractivity contribution in [3.05, 3.63) is 35.4 Å². The Labute approximate surface area is 116 Å². The van der Waals surface area contributed by atoms with Crippen LogP contribution in [0.1, 0.15) is 49.3 Å². The van der Waals surface area contributed by atoms with Gasteiger partial charge in [0.1, 0.15) is 6.10 Å². The van der Waals surface area contributed by atoms with Crippen LogP contribution in [0.5, 0.6) is 0 Å². The van der Waals surface area contributed by atoms with Crippen LogP contribution in [-0.2, 0) is 15.0 Å². The van der Waals surface area contributed by atoms with E-state index < -0.39 is 0 Å². The molecule has 3 heteroatoms. The van der Waals surface area contributed by atoms with E-state index in [1.54, 1.807) is 14.2 Å². The molecule has 1 fully saturated rings. The van der Waals surface area contributed by atoms with E-state index in [0.717, 1.165) is 12.8 Å². The number of methoxy groups -OCH3 is 2. The van der Waals surface area contributed by atoms with Gasteiger partial charge >= 0.3 is 0 Å². The molecule has 0 radical (unpaired) electrons. The van der Waals surface area contributed by atoms with Gasteiger partial charge in [0.05, 0.1) is 6.61 Å². The topological polar surface area (TPSA) is 44.5 Å². The highest BCUT2D eigenvalue weighted by Gasteiger charge is 2.32. The fraction of sp³-hybridized carbons (Fsp3) is 0.625. The zero-order valence-corrected chi connectivity index (χ0v) is 12.0. The molecule has 106 valence electrons. The molecule has 0 bridgehead atoms. The number of ether oxygens (including phenoxy) is 2. The summed E-state index contributed by atoms with van der Waals surface area (Å²) >= 11 is 0. The molecule has 2 rings (SSSR count). The summed E-state index contributed by atoms with van der Waals surface area (Å²) in [5.74, 6) is 0. The normalized spacial score (nSPS) is 20.2. The van der Waals surface area contributed by atoms with Gasteiger partial charge in [-0.3, -0.25) is 0 Å². The lowest BCUT2D eigenvalue weighted by Gasteiger charge is -2.36. The first-order valence-corrected chi connectivity index (χ1v) is 7.11. The quantitative estimate of drug-likeness (QED) is 0.887. The molecule has 1 aromatic rings. The minimum Gasteiger partial charge on any atom is -0.382 e. The van der Waals surface area contributed by atoms with Crippen molar-refractivity contribution in [3.63, 3.8) is 0 Å². The van der Waals surface area contributed by atoms with Crippen molar-refractivity contribution in [1.29, 1.82) is 0 Å². The Balaban J connectivity index is 2.34. The maximum absolute atomic E-state index is 6.67. The van der Waals surface area contributed by atoms with E-state index in [0.29, 0.717) is 6.61 Å². The number of benzene rings is 1. The maximum atomic E-state index is 6.67. The molecule has 0 aromatic heterocycles. The largest absolute Gasteiger partial charge is 0.382 e. The summed E-state index contributed by atoms with van der Waals surface area (Å²) in [4.78, 5) is 0. The molecular weight excluding hydrogens is 238 g/mol. The van der Waals surface area contributed by atoms with E-state index in [2.05, 4.69) is 18.2 Å². The van der Waals surface area contributed by atoms with Crippen molar-refractivity contribution < 1.29 is 9.47 Å². The molecule has 19 heavy (non-hydrogen) atoms. The van der Waals surface area contributed by atoms with Crippen molar-refractivity contribution in [2.75, 3.05) is 20.8 Å². The second-order valence-electron chi connectivity index (χ2n) is 5.48. The number of rotatable bonds is 5. The number of hydrogen-bond donors (Lipinski definition) is 1. The lowest BCUT2D eigenvalue weighted by atomic mass is 9.75. The monoisotopic (exact) mass is 263 g/mol. The highest BCUT2D eigenvalue weighted by molar-refractivity contribution is 5.35. The average molecular weight is 263 g/mol. The Morgan fingerprint density at radius 3 is 2.47 bits per heavy atom. The standard InChI is InChI=1S/C16H25NO2/c1-18-12-15(19-2)13-8-4-5-9-14(13)16(17)10-6-3-7-11-16/h4-5,8-9,15H,3,6-7,10-12,17H2,1-2H3. The zero-order valence-electron chi connectivity index (χ0n) is 12.0. The predicted molar refractivity (Wildman–Crippen MR) is 77.0 cm³/mol. The fourth-order valence-electron chi connectivity index (χ4n) is 3.12. The summed E-state index contributed by atoms with van der Waals surface area (Å²) in [6.45, 7) is 0.559. The summed E-state index contributed by atoms with van der Waals surface area (Å²) in [5, 5.41) is 0. The van der Waals surface area contributed by atoms with Crippen LogP contribution in [0.4, 0.5) is 0 Å². The molecule has 1 aromatic carbocycles. The predicted octanol–water partition coefficient (Wildman–Crippen LogP) is 3.14. The van der Waals surface area contributed by atoms with Crippen LogP contribution in [0, 0.1) is 0 Å². The minimum atomic E-state index is -0.195. The molecule has 1 aliphatic rings. The van der Waals surface area contributed by atoms with Gasteiger partial charge in [0.15, 0.2) is 0 Å². The summed E-state index contributed by atoms with van der Waals surface area (Å²) in [7, 11) is 3.43. The smallest absolute Gasteiger partial charge is 0.106 e. The van der Waals surface area contributed by atoms with E-state index in [4.69, 9.17) is 15.2 Å². The highest BCUT2D eigenvalue weighted by Crippen LogP contribution is 2.38. The van der Waals surface area contributed by atoms with Crippen LogP contribution >= 0.6 is 0 Å². The maximum Gasteiger partial charge on any atom is 0.106 e. The second-order valence-corrected chi connectivity index (χ2v) is 5.48. The highest BCUT2D eigenvalue weighted by atomic mass is 16.5. The van der Waals surface area contributed by atoms with E-state index in [-0.39, 0.29) is 11.6 Å². The van der Waals surface area contributed by atoms with E-state index in [1.165, 1.54) is 30.4 Å². The zero-order chi connectivity index (χ0) is 13.7. The van der Waals surface area contributed by atoms with Gasteiger partial charge < -0.3 is 15.2 Å². The Bertz CT molecular complexity index is 399.